The molecule has 2 nitrogen and oxygen atoms in total. The highest BCUT2D eigenvalue weighted by Crippen LogP contribution is 2.38. The van der Waals surface area contributed by atoms with Gasteiger partial charge in [0.05, 0.1) is 0 Å². The first-order valence-electron chi connectivity index (χ1n) is 5.78. The van der Waals surface area contributed by atoms with Gasteiger partial charge in [-0.1, -0.05) is 28.1 Å². The van der Waals surface area contributed by atoms with Crippen LogP contribution in [0.3, 0.4) is 0 Å². The molecule has 1 aromatic carbocycles. The lowest BCUT2D eigenvalue weighted by Crippen LogP contribution is -1.98. The summed E-state index contributed by atoms with van der Waals surface area (Å²) in [5.74, 6) is 0.615. The van der Waals surface area contributed by atoms with Crippen LogP contribution in [0, 0.1) is 4.77 Å². The second-order valence-electron chi connectivity index (χ2n) is 4.52. The van der Waals surface area contributed by atoms with Crippen molar-refractivity contribution in [2.75, 3.05) is 0 Å². The van der Waals surface area contributed by atoms with Gasteiger partial charge in [-0.25, -0.2) is 0 Å². The normalized spacial score (nSPS) is 18.3. The third-order valence-electron chi connectivity index (χ3n) is 3.46. The largest absolute Gasteiger partial charge is 0.337 e. The van der Waals surface area contributed by atoms with E-state index in [-0.39, 0.29) is 0 Å². The molecule has 1 aromatic heterocycles. The summed E-state index contributed by atoms with van der Waals surface area (Å²) in [7, 11) is 0. The molecule has 2 aromatic rings. The van der Waals surface area contributed by atoms with Gasteiger partial charge < -0.3 is 9.97 Å². The zero-order valence-corrected chi connectivity index (χ0v) is 11.7. The Balaban J connectivity index is 1.89. The van der Waals surface area contributed by atoms with E-state index in [1.54, 1.807) is 0 Å². The molecule has 0 amide bonds. The number of hydrogen-bond donors (Lipinski definition) is 2. The summed E-state index contributed by atoms with van der Waals surface area (Å²) in [6, 6.07) is 6.50. The first-order valence-corrected chi connectivity index (χ1v) is 6.98. The molecule has 4 heteroatoms. The van der Waals surface area contributed by atoms with Crippen LogP contribution in [0.5, 0.6) is 0 Å². The van der Waals surface area contributed by atoms with Gasteiger partial charge in [-0.3, -0.25) is 0 Å². The molecular weight excluding hydrogens is 296 g/mol. The Labute approximate surface area is 114 Å². The van der Waals surface area contributed by atoms with Crippen molar-refractivity contribution in [2.24, 2.45) is 0 Å². The van der Waals surface area contributed by atoms with E-state index in [0.717, 1.165) is 6.42 Å². The first-order chi connectivity index (χ1) is 8.24. The topological polar surface area (TPSA) is 31.6 Å². The second-order valence-corrected chi connectivity index (χ2v) is 5.78. The molecule has 0 fully saturated rings. The number of rotatable bonds is 2. The van der Waals surface area contributed by atoms with Crippen LogP contribution in [0.1, 0.15) is 29.2 Å². The molecule has 0 saturated heterocycles. The van der Waals surface area contributed by atoms with E-state index in [1.807, 2.05) is 6.20 Å². The highest BCUT2D eigenvalue weighted by Gasteiger charge is 2.24. The number of halogens is 1. The maximum atomic E-state index is 5.05. The Hall–Kier alpha value is -0.870. The summed E-state index contributed by atoms with van der Waals surface area (Å²) in [6.45, 7) is 0. The predicted molar refractivity (Wildman–Crippen MR) is 74.9 cm³/mol. The zero-order valence-electron chi connectivity index (χ0n) is 9.29. The molecule has 1 heterocycles. The van der Waals surface area contributed by atoms with Crippen molar-refractivity contribution in [3.63, 3.8) is 0 Å². The van der Waals surface area contributed by atoms with Crippen molar-refractivity contribution >= 4 is 28.1 Å². The number of imidazole rings is 1. The third kappa shape index (κ3) is 2.11. The van der Waals surface area contributed by atoms with Gasteiger partial charge in [-0.2, -0.15) is 0 Å². The van der Waals surface area contributed by atoms with Crippen molar-refractivity contribution in [1.29, 1.82) is 0 Å². The van der Waals surface area contributed by atoms with Crippen molar-refractivity contribution in [1.82, 2.24) is 9.97 Å². The molecule has 1 aliphatic carbocycles. The van der Waals surface area contributed by atoms with E-state index in [2.05, 4.69) is 44.1 Å². The summed E-state index contributed by atoms with van der Waals surface area (Å²) >= 11 is 8.69. The average Bonchev–Trinajstić information content (AvgIpc) is 2.88. The minimum Gasteiger partial charge on any atom is -0.337 e. The van der Waals surface area contributed by atoms with Crippen LogP contribution in [0.15, 0.2) is 28.9 Å². The van der Waals surface area contributed by atoms with Gasteiger partial charge in [0, 0.05) is 16.4 Å². The van der Waals surface area contributed by atoms with Gasteiger partial charge in [0.15, 0.2) is 4.77 Å². The quantitative estimate of drug-likeness (QED) is 0.804. The van der Waals surface area contributed by atoms with E-state index < -0.39 is 0 Å². The summed E-state index contributed by atoms with van der Waals surface area (Å²) in [5.41, 5.74) is 4.17. The maximum absolute atomic E-state index is 5.05. The van der Waals surface area contributed by atoms with E-state index in [9.17, 15) is 0 Å². The Morgan fingerprint density at radius 2 is 2.29 bits per heavy atom. The Bertz CT molecular complexity index is 599. The van der Waals surface area contributed by atoms with Crippen LogP contribution in [-0.2, 0) is 12.8 Å². The van der Waals surface area contributed by atoms with Crippen LogP contribution in [0.4, 0.5) is 0 Å². The number of fused-ring (bicyclic) bond motifs is 1. The van der Waals surface area contributed by atoms with Crippen molar-refractivity contribution < 1.29 is 0 Å². The maximum Gasteiger partial charge on any atom is 0.174 e. The SMILES string of the molecule is S=c1[nH]cc(CC2CCc3c(Br)cccc32)[nH]1. The molecule has 0 aliphatic heterocycles. The molecule has 0 saturated carbocycles. The van der Waals surface area contributed by atoms with E-state index in [4.69, 9.17) is 12.2 Å². The average molecular weight is 309 g/mol. The fourth-order valence-electron chi connectivity index (χ4n) is 2.65. The van der Waals surface area contributed by atoms with Crippen LogP contribution in [0.2, 0.25) is 0 Å². The molecule has 0 radical (unpaired) electrons. The van der Waals surface area contributed by atoms with Crippen LogP contribution in [-0.4, -0.2) is 9.97 Å². The van der Waals surface area contributed by atoms with Gasteiger partial charge in [-0.05, 0) is 54.6 Å². The molecule has 0 bridgehead atoms. The fraction of sp³-hybridized carbons (Fsp3) is 0.308. The number of aromatic nitrogens is 2. The lowest BCUT2D eigenvalue weighted by atomic mass is 9.96. The molecule has 88 valence electrons. The summed E-state index contributed by atoms with van der Waals surface area (Å²) in [4.78, 5) is 6.22. The van der Waals surface area contributed by atoms with Crippen LogP contribution in [0.25, 0.3) is 0 Å². The van der Waals surface area contributed by atoms with Gasteiger partial charge >= 0.3 is 0 Å². The number of H-pyrrole nitrogens is 2. The first kappa shape index (κ1) is 11.2. The van der Waals surface area contributed by atoms with Gasteiger partial charge in [-0.15, -0.1) is 0 Å². The van der Waals surface area contributed by atoms with Crippen molar-refractivity contribution in [2.45, 2.75) is 25.2 Å². The van der Waals surface area contributed by atoms with E-state index in [1.165, 1.54) is 34.1 Å². The second kappa shape index (κ2) is 4.42. The smallest absolute Gasteiger partial charge is 0.174 e. The van der Waals surface area contributed by atoms with Gasteiger partial charge in [0.25, 0.3) is 0 Å². The minimum absolute atomic E-state index is 0.615. The number of aromatic amines is 2. The van der Waals surface area contributed by atoms with Crippen LogP contribution < -0.4 is 0 Å². The highest BCUT2D eigenvalue weighted by molar-refractivity contribution is 9.10. The lowest BCUT2D eigenvalue weighted by Gasteiger charge is -2.10. The van der Waals surface area contributed by atoms with Gasteiger partial charge in [0.1, 0.15) is 0 Å². The number of hydrogen-bond acceptors (Lipinski definition) is 1. The summed E-state index contributed by atoms with van der Waals surface area (Å²) in [6.07, 6.45) is 5.42. The standard InChI is InChI=1S/C13H13BrN2S/c14-12-3-1-2-10-8(4-5-11(10)12)6-9-7-15-13(17)16-9/h1-3,7-8H,4-6H2,(H2,15,16,17). The van der Waals surface area contributed by atoms with Gasteiger partial charge in [0.2, 0.25) is 0 Å². The van der Waals surface area contributed by atoms with Crippen molar-refractivity contribution in [3.8, 4) is 0 Å². The predicted octanol–water partition coefficient (Wildman–Crippen LogP) is 4.11. The van der Waals surface area contributed by atoms with Crippen LogP contribution >= 0.6 is 28.1 Å². The number of benzene rings is 1. The Morgan fingerprint density at radius 1 is 1.41 bits per heavy atom. The molecule has 1 aliphatic rings. The number of nitrogens with one attached hydrogen (secondary N) is 2. The zero-order chi connectivity index (χ0) is 11.8. The Morgan fingerprint density at radius 3 is 3.06 bits per heavy atom. The van der Waals surface area contributed by atoms with Crippen molar-refractivity contribution in [3.05, 3.63) is 50.5 Å². The molecule has 0 spiro atoms. The third-order valence-corrected chi connectivity index (χ3v) is 4.42. The molecule has 1 atom stereocenters. The fourth-order valence-corrected chi connectivity index (χ4v) is 3.42. The summed E-state index contributed by atoms with van der Waals surface area (Å²) < 4.78 is 1.96. The van der Waals surface area contributed by atoms with E-state index >= 15 is 0 Å². The molecule has 3 rings (SSSR count). The molecular formula is C13H13BrN2S. The van der Waals surface area contributed by atoms with E-state index in [0.29, 0.717) is 10.7 Å². The highest BCUT2D eigenvalue weighted by atomic mass is 79.9. The minimum atomic E-state index is 0.615. The summed E-state index contributed by atoms with van der Waals surface area (Å²) in [5, 5.41) is 0. The Kier molecular flexibility index (Phi) is 2.92. The molecule has 17 heavy (non-hydrogen) atoms. The lowest BCUT2D eigenvalue weighted by molar-refractivity contribution is 0.665. The molecule has 2 N–H and O–H groups in total. The molecule has 1 unspecified atom stereocenters. The monoisotopic (exact) mass is 308 g/mol.